The molecule has 19 heavy (non-hydrogen) atoms. The summed E-state index contributed by atoms with van der Waals surface area (Å²) in [6.07, 6.45) is 1.49. The van der Waals surface area contributed by atoms with Gasteiger partial charge in [0, 0.05) is 18.2 Å². The molecule has 1 aliphatic rings. The van der Waals surface area contributed by atoms with Gasteiger partial charge in [-0.2, -0.15) is 0 Å². The van der Waals surface area contributed by atoms with Gasteiger partial charge in [0.15, 0.2) is 11.5 Å². The molecule has 98 valence electrons. The molecule has 1 aromatic heterocycles. The minimum Gasteiger partial charge on any atom is -0.454 e. The zero-order valence-electron chi connectivity index (χ0n) is 10.2. The van der Waals surface area contributed by atoms with E-state index in [1.54, 1.807) is 0 Å². The second-order valence-corrected chi connectivity index (χ2v) is 4.01. The number of benzene rings is 1. The molecule has 0 spiro atoms. The Labute approximate surface area is 110 Å². The molecule has 0 fully saturated rings. The third-order valence-electron chi connectivity index (χ3n) is 2.75. The molecule has 1 aliphatic heterocycles. The van der Waals surface area contributed by atoms with Crippen LogP contribution in [0.3, 0.4) is 0 Å². The van der Waals surface area contributed by atoms with Crippen LogP contribution in [0.1, 0.15) is 0 Å². The van der Waals surface area contributed by atoms with E-state index in [1.165, 1.54) is 6.33 Å². The topological polar surface area (TPSA) is 76.5 Å². The number of aliphatic hydroxyl groups excluding tert-OH is 1. The highest BCUT2D eigenvalue weighted by Crippen LogP contribution is 2.35. The van der Waals surface area contributed by atoms with Gasteiger partial charge < -0.3 is 19.9 Å². The van der Waals surface area contributed by atoms with E-state index in [-0.39, 0.29) is 13.4 Å². The maximum absolute atomic E-state index is 8.78. The van der Waals surface area contributed by atoms with E-state index >= 15 is 0 Å². The molecule has 1 aromatic carbocycles. The highest BCUT2D eigenvalue weighted by Gasteiger charge is 2.14. The largest absolute Gasteiger partial charge is 0.454 e. The molecule has 0 bridgehead atoms. The fourth-order valence-corrected chi connectivity index (χ4v) is 1.85. The zero-order valence-corrected chi connectivity index (χ0v) is 10.2. The Kier molecular flexibility index (Phi) is 3.16. The van der Waals surface area contributed by atoms with Gasteiger partial charge in [0.25, 0.3) is 0 Å². The van der Waals surface area contributed by atoms with Gasteiger partial charge in [-0.05, 0) is 18.2 Å². The molecule has 6 nitrogen and oxygen atoms in total. The molecule has 0 saturated heterocycles. The van der Waals surface area contributed by atoms with Crippen LogP contribution in [0, 0.1) is 0 Å². The highest BCUT2D eigenvalue weighted by molar-refractivity contribution is 5.66. The molecule has 2 N–H and O–H groups in total. The van der Waals surface area contributed by atoms with Crippen LogP contribution in [0.5, 0.6) is 11.5 Å². The van der Waals surface area contributed by atoms with E-state index in [1.807, 2.05) is 24.3 Å². The standard InChI is InChI=1S/C13H13N3O3/c17-4-3-14-13-6-10(15-7-16-13)9-1-2-11-12(5-9)19-8-18-11/h1-2,5-7,17H,3-4,8H2,(H,14,15,16). The van der Waals surface area contributed by atoms with E-state index in [0.29, 0.717) is 12.4 Å². The van der Waals surface area contributed by atoms with E-state index < -0.39 is 0 Å². The predicted octanol–water partition coefficient (Wildman–Crippen LogP) is 1.28. The average Bonchev–Trinajstić information content (AvgIpc) is 2.92. The Hall–Kier alpha value is -2.34. The lowest BCUT2D eigenvalue weighted by Crippen LogP contribution is -2.07. The highest BCUT2D eigenvalue weighted by atomic mass is 16.7. The Bertz CT molecular complexity index is 589. The molecule has 3 rings (SSSR count). The number of nitrogens with zero attached hydrogens (tertiary/aromatic N) is 2. The van der Waals surface area contributed by atoms with Gasteiger partial charge in [0.05, 0.1) is 12.3 Å². The first-order chi connectivity index (χ1) is 9.36. The summed E-state index contributed by atoms with van der Waals surface area (Å²) in [5.41, 5.74) is 1.72. The molecular weight excluding hydrogens is 246 g/mol. The van der Waals surface area contributed by atoms with E-state index in [9.17, 15) is 0 Å². The number of aromatic nitrogens is 2. The van der Waals surface area contributed by atoms with Crippen LogP contribution < -0.4 is 14.8 Å². The van der Waals surface area contributed by atoms with Crippen molar-refractivity contribution in [2.45, 2.75) is 0 Å². The summed E-state index contributed by atoms with van der Waals surface area (Å²) in [6, 6.07) is 7.50. The van der Waals surface area contributed by atoms with Gasteiger partial charge in [0.2, 0.25) is 6.79 Å². The predicted molar refractivity (Wildman–Crippen MR) is 69.2 cm³/mol. The molecular formula is C13H13N3O3. The van der Waals surface area contributed by atoms with E-state index in [2.05, 4.69) is 15.3 Å². The molecule has 0 unspecified atom stereocenters. The lowest BCUT2D eigenvalue weighted by atomic mass is 10.1. The zero-order chi connectivity index (χ0) is 13.1. The van der Waals surface area contributed by atoms with Crippen molar-refractivity contribution in [3.63, 3.8) is 0 Å². The Morgan fingerprint density at radius 2 is 2.05 bits per heavy atom. The Balaban J connectivity index is 1.89. The molecule has 0 aliphatic carbocycles. The molecule has 0 amide bonds. The van der Waals surface area contributed by atoms with Crippen LogP contribution in [0.4, 0.5) is 5.82 Å². The third kappa shape index (κ3) is 2.43. The minimum atomic E-state index is 0.0589. The summed E-state index contributed by atoms with van der Waals surface area (Å²) in [7, 11) is 0. The van der Waals surface area contributed by atoms with Gasteiger partial charge in [-0.15, -0.1) is 0 Å². The summed E-state index contributed by atoms with van der Waals surface area (Å²) in [5.74, 6) is 2.15. The van der Waals surface area contributed by atoms with Gasteiger partial charge >= 0.3 is 0 Å². The number of anilines is 1. The smallest absolute Gasteiger partial charge is 0.231 e. The summed E-state index contributed by atoms with van der Waals surface area (Å²) >= 11 is 0. The van der Waals surface area contributed by atoms with Crippen molar-refractivity contribution >= 4 is 5.82 Å². The fraction of sp³-hybridized carbons (Fsp3) is 0.231. The number of rotatable bonds is 4. The number of fused-ring (bicyclic) bond motifs is 1. The normalized spacial score (nSPS) is 12.5. The van der Waals surface area contributed by atoms with Crippen LogP contribution in [0.25, 0.3) is 11.3 Å². The van der Waals surface area contributed by atoms with Gasteiger partial charge in [0.1, 0.15) is 12.1 Å². The van der Waals surface area contributed by atoms with E-state index in [4.69, 9.17) is 14.6 Å². The molecule has 6 heteroatoms. The van der Waals surface area contributed by atoms with Crippen LogP contribution in [-0.2, 0) is 0 Å². The summed E-state index contributed by atoms with van der Waals surface area (Å²) in [6.45, 7) is 0.771. The van der Waals surface area contributed by atoms with Crippen molar-refractivity contribution in [2.24, 2.45) is 0 Å². The Morgan fingerprint density at radius 1 is 1.16 bits per heavy atom. The SMILES string of the molecule is OCCNc1cc(-c2ccc3c(c2)OCO3)ncn1. The van der Waals surface area contributed by atoms with Gasteiger partial charge in [-0.3, -0.25) is 0 Å². The van der Waals surface area contributed by atoms with Crippen molar-refractivity contribution in [3.05, 3.63) is 30.6 Å². The quantitative estimate of drug-likeness (QED) is 0.861. The third-order valence-corrected chi connectivity index (χ3v) is 2.75. The lowest BCUT2D eigenvalue weighted by Gasteiger charge is -2.06. The van der Waals surface area contributed by atoms with Crippen molar-refractivity contribution < 1.29 is 14.6 Å². The monoisotopic (exact) mass is 259 g/mol. The van der Waals surface area contributed by atoms with Crippen LogP contribution in [0.2, 0.25) is 0 Å². The van der Waals surface area contributed by atoms with Crippen molar-refractivity contribution in [2.75, 3.05) is 25.3 Å². The first-order valence-corrected chi connectivity index (χ1v) is 5.93. The second-order valence-electron chi connectivity index (χ2n) is 4.01. The number of ether oxygens (including phenoxy) is 2. The van der Waals surface area contributed by atoms with Gasteiger partial charge in [-0.25, -0.2) is 9.97 Å². The molecule has 0 atom stereocenters. The molecule has 0 saturated carbocycles. The first-order valence-electron chi connectivity index (χ1n) is 5.93. The summed E-state index contributed by atoms with van der Waals surface area (Å²) in [4.78, 5) is 8.32. The number of hydrogen-bond acceptors (Lipinski definition) is 6. The Morgan fingerprint density at radius 3 is 2.95 bits per heavy atom. The summed E-state index contributed by atoms with van der Waals surface area (Å²) < 4.78 is 10.6. The van der Waals surface area contributed by atoms with E-state index in [0.717, 1.165) is 22.8 Å². The number of hydrogen-bond donors (Lipinski definition) is 2. The number of aliphatic hydroxyl groups is 1. The second kappa shape index (κ2) is 5.11. The van der Waals surface area contributed by atoms with Crippen LogP contribution in [0.15, 0.2) is 30.6 Å². The minimum absolute atomic E-state index is 0.0589. The molecule has 2 heterocycles. The van der Waals surface area contributed by atoms with Crippen LogP contribution in [-0.4, -0.2) is 35.0 Å². The van der Waals surface area contributed by atoms with Gasteiger partial charge in [-0.1, -0.05) is 0 Å². The molecule has 2 aromatic rings. The number of nitrogens with one attached hydrogen (secondary N) is 1. The lowest BCUT2D eigenvalue weighted by molar-refractivity contribution is 0.174. The van der Waals surface area contributed by atoms with Crippen molar-refractivity contribution in [1.29, 1.82) is 0 Å². The van der Waals surface area contributed by atoms with Crippen LogP contribution >= 0.6 is 0 Å². The van der Waals surface area contributed by atoms with Crippen molar-refractivity contribution in [1.82, 2.24) is 9.97 Å². The van der Waals surface area contributed by atoms with Crippen molar-refractivity contribution in [3.8, 4) is 22.8 Å². The average molecular weight is 259 g/mol. The maximum Gasteiger partial charge on any atom is 0.231 e. The fourth-order valence-electron chi connectivity index (χ4n) is 1.85. The first kappa shape index (κ1) is 11.7. The summed E-state index contributed by atoms with van der Waals surface area (Å²) in [5, 5.41) is 11.8. The maximum atomic E-state index is 8.78. The molecule has 0 radical (unpaired) electrons.